The highest BCUT2D eigenvalue weighted by atomic mass is 35.5. The summed E-state index contributed by atoms with van der Waals surface area (Å²) in [6, 6.07) is 8.97. The average Bonchev–Trinajstić information content (AvgIpc) is 2.62. The molecule has 0 saturated heterocycles. The number of aromatic nitrogens is 2. The first-order valence-electron chi connectivity index (χ1n) is 7.38. The highest BCUT2D eigenvalue weighted by molar-refractivity contribution is 6.34. The molecule has 0 radical (unpaired) electrons. The van der Waals surface area contributed by atoms with Crippen LogP contribution in [-0.4, -0.2) is 16.1 Å². The summed E-state index contributed by atoms with van der Waals surface area (Å²) >= 11 is 5.88. The van der Waals surface area contributed by atoms with Gasteiger partial charge in [-0.1, -0.05) is 29.8 Å². The maximum atomic E-state index is 12.7. The lowest BCUT2D eigenvalue weighted by molar-refractivity contribution is -0.137. The monoisotopic (exact) mass is 381 g/mol. The zero-order valence-electron chi connectivity index (χ0n) is 13.0. The Morgan fingerprint density at radius 3 is 2.65 bits per heavy atom. The van der Waals surface area contributed by atoms with Crippen LogP contribution < -0.4 is 10.9 Å². The third kappa shape index (κ3) is 3.70. The fourth-order valence-corrected chi connectivity index (χ4v) is 2.62. The van der Waals surface area contributed by atoms with Gasteiger partial charge in [-0.3, -0.25) is 9.59 Å². The minimum atomic E-state index is -4.45. The molecule has 0 atom stereocenters. The molecule has 9 heteroatoms. The van der Waals surface area contributed by atoms with Gasteiger partial charge in [0.2, 0.25) is 0 Å². The van der Waals surface area contributed by atoms with Crippen molar-refractivity contribution in [3.63, 3.8) is 0 Å². The summed E-state index contributed by atoms with van der Waals surface area (Å²) in [5, 5.41) is 9.04. The van der Waals surface area contributed by atoms with E-state index in [1.165, 1.54) is 30.3 Å². The van der Waals surface area contributed by atoms with Crippen LogP contribution in [0.1, 0.15) is 21.5 Å². The Morgan fingerprint density at radius 1 is 1.15 bits per heavy atom. The maximum Gasteiger partial charge on any atom is 0.416 e. The Morgan fingerprint density at radius 2 is 1.92 bits per heavy atom. The SMILES string of the molecule is O=C(NCc1cccc(C(F)(F)F)c1)c1ccc2c(Cl)n[nH]c(=O)c2c1. The van der Waals surface area contributed by atoms with E-state index in [4.69, 9.17) is 11.6 Å². The van der Waals surface area contributed by atoms with E-state index < -0.39 is 23.2 Å². The number of nitrogens with one attached hydrogen (secondary N) is 2. The standard InChI is InChI=1S/C17H11ClF3N3O2/c18-14-12-5-4-10(7-13(12)16(26)24-23-14)15(25)22-8-9-2-1-3-11(6-9)17(19,20)21/h1-7H,8H2,(H,22,25)(H,24,26). The molecule has 0 aliphatic rings. The molecular formula is C17H11ClF3N3O2. The molecule has 0 aliphatic carbocycles. The van der Waals surface area contributed by atoms with Crippen LogP contribution in [0.4, 0.5) is 13.2 Å². The van der Waals surface area contributed by atoms with Gasteiger partial charge in [0.1, 0.15) is 0 Å². The van der Waals surface area contributed by atoms with Crippen molar-refractivity contribution < 1.29 is 18.0 Å². The third-order valence-corrected chi connectivity index (χ3v) is 4.00. The number of H-pyrrole nitrogens is 1. The Bertz CT molecular complexity index is 1050. The van der Waals surface area contributed by atoms with Gasteiger partial charge in [0.05, 0.1) is 10.9 Å². The number of halogens is 4. The van der Waals surface area contributed by atoms with E-state index >= 15 is 0 Å². The number of hydrogen-bond donors (Lipinski definition) is 2. The lowest BCUT2D eigenvalue weighted by Gasteiger charge is -2.10. The van der Waals surface area contributed by atoms with Gasteiger partial charge in [0.15, 0.2) is 5.15 Å². The largest absolute Gasteiger partial charge is 0.416 e. The highest BCUT2D eigenvalue weighted by Gasteiger charge is 2.30. The zero-order chi connectivity index (χ0) is 18.9. The van der Waals surface area contributed by atoms with Crippen molar-refractivity contribution in [2.75, 3.05) is 0 Å². The lowest BCUT2D eigenvalue weighted by Crippen LogP contribution is -2.23. The minimum absolute atomic E-state index is 0.0890. The van der Waals surface area contributed by atoms with E-state index in [0.29, 0.717) is 10.9 Å². The van der Waals surface area contributed by atoms with Gasteiger partial charge in [-0.05, 0) is 29.8 Å². The Hall–Kier alpha value is -2.87. The fraction of sp³-hybridized carbons (Fsp3) is 0.118. The summed E-state index contributed by atoms with van der Waals surface area (Å²) in [5.41, 5.74) is -0.808. The summed E-state index contributed by atoms with van der Waals surface area (Å²) in [5.74, 6) is -0.531. The molecule has 0 fully saturated rings. The number of carbonyl (C=O) groups excluding carboxylic acids is 1. The number of benzene rings is 2. The van der Waals surface area contributed by atoms with E-state index in [1.807, 2.05) is 0 Å². The molecule has 0 saturated carbocycles. The predicted octanol–water partition coefficient (Wildman–Crippen LogP) is 3.53. The zero-order valence-corrected chi connectivity index (χ0v) is 13.8. The molecule has 2 aromatic carbocycles. The summed E-state index contributed by atoms with van der Waals surface area (Å²) in [4.78, 5) is 24.0. The topological polar surface area (TPSA) is 74.8 Å². The summed E-state index contributed by atoms with van der Waals surface area (Å²) in [7, 11) is 0. The molecule has 0 unspecified atom stereocenters. The Kier molecular flexibility index (Phi) is 4.69. The molecule has 26 heavy (non-hydrogen) atoms. The molecular weight excluding hydrogens is 371 g/mol. The van der Waals surface area contributed by atoms with Crippen LogP contribution in [0, 0.1) is 0 Å². The maximum absolute atomic E-state index is 12.7. The molecule has 134 valence electrons. The van der Waals surface area contributed by atoms with E-state index in [1.54, 1.807) is 0 Å². The van der Waals surface area contributed by atoms with E-state index in [-0.39, 0.29) is 22.6 Å². The van der Waals surface area contributed by atoms with Crippen LogP contribution in [-0.2, 0) is 12.7 Å². The summed E-state index contributed by atoms with van der Waals surface area (Å²) < 4.78 is 38.1. The number of hydrogen-bond acceptors (Lipinski definition) is 3. The van der Waals surface area contributed by atoms with Crippen molar-refractivity contribution in [2.45, 2.75) is 12.7 Å². The molecule has 1 heterocycles. The number of carbonyl (C=O) groups is 1. The van der Waals surface area contributed by atoms with Crippen LogP contribution in [0.25, 0.3) is 10.8 Å². The van der Waals surface area contributed by atoms with Gasteiger partial charge in [-0.2, -0.15) is 18.3 Å². The Balaban J connectivity index is 1.80. The molecule has 0 bridgehead atoms. The van der Waals surface area contributed by atoms with Crippen molar-refractivity contribution in [1.29, 1.82) is 0 Å². The van der Waals surface area contributed by atoms with Crippen molar-refractivity contribution in [2.24, 2.45) is 0 Å². The first kappa shape index (κ1) is 17.9. The van der Waals surface area contributed by atoms with Crippen LogP contribution in [0.15, 0.2) is 47.3 Å². The van der Waals surface area contributed by atoms with Crippen molar-refractivity contribution in [3.05, 3.63) is 74.7 Å². The van der Waals surface area contributed by atoms with Gasteiger partial charge in [-0.15, -0.1) is 0 Å². The molecule has 3 rings (SSSR count). The van der Waals surface area contributed by atoms with Crippen LogP contribution in [0.5, 0.6) is 0 Å². The first-order chi connectivity index (χ1) is 12.3. The fourth-order valence-electron chi connectivity index (χ4n) is 2.42. The van der Waals surface area contributed by atoms with E-state index in [2.05, 4.69) is 15.5 Å². The second-order valence-electron chi connectivity index (χ2n) is 5.48. The van der Waals surface area contributed by atoms with Crippen LogP contribution >= 0.6 is 11.6 Å². The number of aromatic amines is 1. The van der Waals surface area contributed by atoms with Crippen LogP contribution in [0.3, 0.4) is 0 Å². The van der Waals surface area contributed by atoms with Gasteiger partial charge >= 0.3 is 6.18 Å². The molecule has 2 N–H and O–H groups in total. The predicted molar refractivity (Wildman–Crippen MR) is 90.0 cm³/mol. The second kappa shape index (κ2) is 6.80. The summed E-state index contributed by atoms with van der Waals surface area (Å²) in [6.45, 7) is -0.0890. The molecule has 1 aromatic heterocycles. The molecule has 3 aromatic rings. The average molecular weight is 382 g/mol. The number of fused-ring (bicyclic) bond motifs is 1. The Labute approximate surface area is 149 Å². The number of alkyl halides is 3. The van der Waals surface area contributed by atoms with Crippen LogP contribution in [0.2, 0.25) is 5.15 Å². The molecule has 0 aliphatic heterocycles. The van der Waals surface area contributed by atoms with E-state index in [0.717, 1.165) is 12.1 Å². The van der Waals surface area contributed by atoms with Gasteiger partial charge < -0.3 is 5.32 Å². The second-order valence-corrected chi connectivity index (χ2v) is 5.84. The third-order valence-electron chi connectivity index (χ3n) is 3.71. The minimum Gasteiger partial charge on any atom is -0.348 e. The van der Waals surface area contributed by atoms with Crippen molar-refractivity contribution in [3.8, 4) is 0 Å². The van der Waals surface area contributed by atoms with Gasteiger partial charge in [-0.25, -0.2) is 5.10 Å². The lowest BCUT2D eigenvalue weighted by atomic mass is 10.1. The highest BCUT2D eigenvalue weighted by Crippen LogP contribution is 2.29. The van der Waals surface area contributed by atoms with Gasteiger partial charge in [0, 0.05) is 17.5 Å². The number of amides is 1. The van der Waals surface area contributed by atoms with E-state index in [9.17, 15) is 22.8 Å². The van der Waals surface area contributed by atoms with Gasteiger partial charge in [0.25, 0.3) is 11.5 Å². The normalized spacial score (nSPS) is 11.5. The molecule has 0 spiro atoms. The molecule has 5 nitrogen and oxygen atoms in total. The first-order valence-corrected chi connectivity index (χ1v) is 7.76. The number of nitrogens with zero attached hydrogens (tertiary/aromatic N) is 1. The smallest absolute Gasteiger partial charge is 0.348 e. The number of rotatable bonds is 3. The quantitative estimate of drug-likeness (QED) is 0.729. The van der Waals surface area contributed by atoms with Crippen molar-refractivity contribution in [1.82, 2.24) is 15.5 Å². The molecule has 1 amide bonds. The summed E-state index contributed by atoms with van der Waals surface area (Å²) in [6.07, 6.45) is -4.45. The van der Waals surface area contributed by atoms with Crippen molar-refractivity contribution >= 4 is 28.3 Å².